The lowest BCUT2D eigenvalue weighted by atomic mass is 10.00. The molecule has 2 aromatic rings. The summed E-state index contributed by atoms with van der Waals surface area (Å²) >= 11 is 0. The number of aromatic nitrogens is 2. The topological polar surface area (TPSA) is 65.1 Å². The number of nitrogens with one attached hydrogen (secondary N) is 1. The standard InChI is InChI=1S/C13H18N4O/c1-9-12(8-15-17(9)2)13(16-14)10-4-6-11(18-3)7-5-10/h4-8,13,16H,14H2,1-3H3. The number of hydrazine groups is 1. The van der Waals surface area contributed by atoms with Crippen LogP contribution < -0.4 is 16.0 Å². The van der Waals surface area contributed by atoms with Crippen LogP contribution in [0.2, 0.25) is 0 Å². The summed E-state index contributed by atoms with van der Waals surface area (Å²) in [6.07, 6.45) is 1.84. The van der Waals surface area contributed by atoms with Gasteiger partial charge < -0.3 is 4.74 Å². The van der Waals surface area contributed by atoms with Crippen LogP contribution in [0, 0.1) is 6.92 Å². The molecule has 1 heterocycles. The number of aryl methyl sites for hydroxylation is 1. The maximum absolute atomic E-state index is 5.67. The van der Waals surface area contributed by atoms with Gasteiger partial charge in [0, 0.05) is 18.3 Å². The van der Waals surface area contributed by atoms with Crippen molar-refractivity contribution in [2.75, 3.05) is 7.11 Å². The second kappa shape index (κ2) is 5.20. The number of hydrogen-bond donors (Lipinski definition) is 2. The quantitative estimate of drug-likeness (QED) is 0.630. The van der Waals surface area contributed by atoms with E-state index in [2.05, 4.69) is 10.5 Å². The van der Waals surface area contributed by atoms with Crippen LogP contribution in [0.25, 0.3) is 0 Å². The lowest BCUT2D eigenvalue weighted by Gasteiger charge is -2.16. The molecule has 5 nitrogen and oxygen atoms in total. The largest absolute Gasteiger partial charge is 0.497 e. The minimum atomic E-state index is -0.0652. The Morgan fingerprint density at radius 1 is 1.33 bits per heavy atom. The van der Waals surface area contributed by atoms with Gasteiger partial charge in [0.05, 0.1) is 19.3 Å². The number of methoxy groups -OCH3 is 1. The van der Waals surface area contributed by atoms with E-state index in [9.17, 15) is 0 Å². The monoisotopic (exact) mass is 246 g/mol. The predicted molar refractivity (Wildman–Crippen MR) is 70.1 cm³/mol. The third-order valence-corrected chi connectivity index (χ3v) is 3.20. The van der Waals surface area contributed by atoms with Gasteiger partial charge in [0.25, 0.3) is 0 Å². The van der Waals surface area contributed by atoms with E-state index in [1.165, 1.54) is 0 Å². The van der Waals surface area contributed by atoms with Gasteiger partial charge >= 0.3 is 0 Å². The molecule has 0 aliphatic heterocycles. The smallest absolute Gasteiger partial charge is 0.118 e. The van der Waals surface area contributed by atoms with E-state index in [1.54, 1.807) is 7.11 Å². The van der Waals surface area contributed by atoms with Gasteiger partial charge in [-0.3, -0.25) is 10.5 Å². The highest BCUT2D eigenvalue weighted by molar-refractivity contribution is 5.36. The molecule has 0 saturated heterocycles. The first kappa shape index (κ1) is 12.6. The number of benzene rings is 1. The molecule has 0 saturated carbocycles. The van der Waals surface area contributed by atoms with Gasteiger partial charge in [0.2, 0.25) is 0 Å². The average Bonchev–Trinajstić information content (AvgIpc) is 2.73. The highest BCUT2D eigenvalue weighted by atomic mass is 16.5. The van der Waals surface area contributed by atoms with Crippen LogP contribution in [0.15, 0.2) is 30.5 Å². The molecule has 0 amide bonds. The molecule has 0 radical (unpaired) electrons. The Morgan fingerprint density at radius 3 is 2.44 bits per heavy atom. The minimum Gasteiger partial charge on any atom is -0.497 e. The number of rotatable bonds is 4. The zero-order valence-electron chi connectivity index (χ0n) is 10.8. The average molecular weight is 246 g/mol. The predicted octanol–water partition coefficient (Wildman–Crippen LogP) is 1.29. The van der Waals surface area contributed by atoms with Crippen LogP contribution >= 0.6 is 0 Å². The zero-order chi connectivity index (χ0) is 13.1. The molecular weight excluding hydrogens is 228 g/mol. The van der Waals surface area contributed by atoms with Gasteiger partial charge in [-0.1, -0.05) is 12.1 Å². The summed E-state index contributed by atoms with van der Waals surface area (Å²) in [4.78, 5) is 0. The summed E-state index contributed by atoms with van der Waals surface area (Å²) in [6, 6.07) is 7.77. The second-order valence-electron chi connectivity index (χ2n) is 4.18. The molecule has 3 N–H and O–H groups in total. The van der Waals surface area contributed by atoms with Crippen molar-refractivity contribution in [1.82, 2.24) is 15.2 Å². The third-order valence-electron chi connectivity index (χ3n) is 3.20. The normalized spacial score (nSPS) is 12.4. The minimum absolute atomic E-state index is 0.0652. The Hall–Kier alpha value is -1.85. The first-order chi connectivity index (χ1) is 8.67. The van der Waals surface area contributed by atoms with Crippen LogP contribution in [-0.2, 0) is 7.05 Å². The van der Waals surface area contributed by atoms with E-state index in [0.717, 1.165) is 22.6 Å². The van der Waals surface area contributed by atoms with E-state index >= 15 is 0 Å². The SMILES string of the molecule is COc1ccc(C(NN)c2cnn(C)c2C)cc1. The second-order valence-corrected chi connectivity index (χ2v) is 4.18. The summed E-state index contributed by atoms with van der Waals surface area (Å²) < 4.78 is 6.98. The third kappa shape index (κ3) is 2.23. The van der Waals surface area contributed by atoms with Gasteiger partial charge in [-0.2, -0.15) is 5.10 Å². The van der Waals surface area contributed by atoms with Gasteiger partial charge in [-0.15, -0.1) is 0 Å². The lowest BCUT2D eigenvalue weighted by Crippen LogP contribution is -2.29. The summed E-state index contributed by atoms with van der Waals surface area (Å²) in [6.45, 7) is 2.02. The van der Waals surface area contributed by atoms with Gasteiger partial charge in [-0.05, 0) is 24.6 Å². The Kier molecular flexibility index (Phi) is 3.64. The maximum Gasteiger partial charge on any atom is 0.118 e. The molecule has 1 unspecified atom stereocenters. The fraction of sp³-hybridized carbons (Fsp3) is 0.308. The number of nitrogens with zero attached hydrogens (tertiary/aromatic N) is 2. The highest BCUT2D eigenvalue weighted by Gasteiger charge is 2.17. The van der Waals surface area contributed by atoms with Crippen LogP contribution in [0.4, 0.5) is 0 Å². The van der Waals surface area contributed by atoms with Crippen LogP contribution in [0.1, 0.15) is 22.9 Å². The molecule has 0 bridgehead atoms. The van der Waals surface area contributed by atoms with E-state index in [-0.39, 0.29) is 6.04 Å². The molecule has 1 atom stereocenters. The first-order valence-corrected chi connectivity index (χ1v) is 5.76. The molecule has 0 fully saturated rings. The van der Waals surface area contributed by atoms with Crippen LogP contribution in [0.5, 0.6) is 5.75 Å². The zero-order valence-corrected chi connectivity index (χ0v) is 10.8. The molecule has 0 aliphatic carbocycles. The van der Waals surface area contributed by atoms with E-state index in [4.69, 9.17) is 10.6 Å². The fourth-order valence-electron chi connectivity index (χ4n) is 1.96. The molecule has 2 rings (SSSR count). The van der Waals surface area contributed by atoms with Crippen molar-refractivity contribution in [2.45, 2.75) is 13.0 Å². The molecule has 96 valence electrons. The number of hydrogen-bond acceptors (Lipinski definition) is 4. The van der Waals surface area contributed by atoms with E-state index in [0.29, 0.717) is 0 Å². The molecule has 5 heteroatoms. The first-order valence-electron chi connectivity index (χ1n) is 5.76. The molecule has 0 spiro atoms. The lowest BCUT2D eigenvalue weighted by molar-refractivity contribution is 0.414. The molecular formula is C13H18N4O. The maximum atomic E-state index is 5.67. The van der Waals surface area contributed by atoms with Crippen molar-refractivity contribution < 1.29 is 4.74 Å². The van der Waals surface area contributed by atoms with Crippen molar-refractivity contribution in [3.63, 3.8) is 0 Å². The number of ether oxygens (including phenoxy) is 1. The van der Waals surface area contributed by atoms with Gasteiger partial charge in [0.15, 0.2) is 0 Å². The van der Waals surface area contributed by atoms with Crippen molar-refractivity contribution in [1.29, 1.82) is 0 Å². The molecule has 0 aliphatic rings. The van der Waals surface area contributed by atoms with E-state index < -0.39 is 0 Å². The van der Waals surface area contributed by atoms with Crippen molar-refractivity contribution in [3.05, 3.63) is 47.3 Å². The van der Waals surface area contributed by atoms with Crippen molar-refractivity contribution >= 4 is 0 Å². The molecule has 1 aromatic carbocycles. The highest BCUT2D eigenvalue weighted by Crippen LogP contribution is 2.25. The Bertz CT molecular complexity index is 518. The van der Waals surface area contributed by atoms with Crippen molar-refractivity contribution in [2.24, 2.45) is 12.9 Å². The Morgan fingerprint density at radius 2 is 2.00 bits per heavy atom. The van der Waals surface area contributed by atoms with Crippen LogP contribution in [-0.4, -0.2) is 16.9 Å². The summed E-state index contributed by atoms with van der Waals surface area (Å²) in [5.74, 6) is 6.50. The van der Waals surface area contributed by atoms with Crippen molar-refractivity contribution in [3.8, 4) is 5.75 Å². The van der Waals surface area contributed by atoms with Gasteiger partial charge in [-0.25, -0.2) is 5.43 Å². The molecule has 18 heavy (non-hydrogen) atoms. The van der Waals surface area contributed by atoms with Gasteiger partial charge in [0.1, 0.15) is 5.75 Å². The Balaban J connectivity index is 2.35. The summed E-state index contributed by atoms with van der Waals surface area (Å²) in [5.41, 5.74) is 6.08. The summed E-state index contributed by atoms with van der Waals surface area (Å²) in [7, 11) is 3.57. The summed E-state index contributed by atoms with van der Waals surface area (Å²) in [5, 5.41) is 4.24. The molecule has 1 aromatic heterocycles. The van der Waals surface area contributed by atoms with E-state index in [1.807, 2.05) is 49.1 Å². The fourth-order valence-corrected chi connectivity index (χ4v) is 1.96. The number of nitrogens with two attached hydrogens (primary N) is 1. The Labute approximate surface area is 107 Å². The van der Waals surface area contributed by atoms with Crippen LogP contribution in [0.3, 0.4) is 0 Å².